The fraction of sp³-hybridized carbons (Fsp3) is 0.588. The number of amides is 1. The Balaban J connectivity index is 0.00000264. The van der Waals surface area contributed by atoms with Gasteiger partial charge in [-0.25, -0.2) is 0 Å². The van der Waals surface area contributed by atoms with Gasteiger partial charge in [-0.2, -0.15) is 0 Å². The predicted octanol–water partition coefficient (Wildman–Crippen LogP) is 3.36. The second-order valence-corrected chi connectivity index (χ2v) is 5.76. The van der Waals surface area contributed by atoms with Crippen molar-refractivity contribution in [1.29, 1.82) is 0 Å². The monoisotopic (exact) mass is 342 g/mol. The molecule has 1 aromatic rings. The summed E-state index contributed by atoms with van der Waals surface area (Å²) in [6, 6.07) is 5.56. The predicted molar refractivity (Wildman–Crippen MR) is 94.6 cm³/mol. The normalized spacial score (nSPS) is 20.3. The molecule has 5 nitrogen and oxygen atoms in total. The third-order valence-corrected chi connectivity index (χ3v) is 4.16. The molecule has 23 heavy (non-hydrogen) atoms. The molecule has 0 spiro atoms. The minimum atomic E-state index is 0. The molecule has 1 aliphatic carbocycles. The Morgan fingerprint density at radius 2 is 2.04 bits per heavy atom. The van der Waals surface area contributed by atoms with Gasteiger partial charge in [0.15, 0.2) is 11.5 Å². The summed E-state index contributed by atoms with van der Waals surface area (Å²) in [5.41, 5.74) is 6.83. The number of rotatable bonds is 6. The molecule has 0 aliphatic heterocycles. The molecule has 0 aromatic heterocycles. The highest BCUT2D eigenvalue weighted by Gasteiger charge is 2.24. The van der Waals surface area contributed by atoms with Crippen molar-refractivity contribution in [3.8, 4) is 11.5 Å². The zero-order valence-electron chi connectivity index (χ0n) is 13.8. The molecule has 130 valence electrons. The number of methoxy groups -OCH3 is 1. The second kappa shape index (κ2) is 9.63. The SMILES string of the molecule is CCOc1cc(NC(=O)CC2CCCCC2N)ccc1OC.Cl. The van der Waals surface area contributed by atoms with E-state index < -0.39 is 0 Å². The molecular weight excluding hydrogens is 316 g/mol. The molecule has 1 fully saturated rings. The largest absolute Gasteiger partial charge is 0.493 e. The van der Waals surface area contributed by atoms with E-state index in [4.69, 9.17) is 15.2 Å². The van der Waals surface area contributed by atoms with Crippen molar-refractivity contribution in [2.45, 2.75) is 45.1 Å². The minimum Gasteiger partial charge on any atom is -0.493 e. The van der Waals surface area contributed by atoms with E-state index in [-0.39, 0.29) is 24.4 Å². The molecule has 0 bridgehead atoms. The van der Waals surface area contributed by atoms with Crippen molar-refractivity contribution < 1.29 is 14.3 Å². The molecule has 1 amide bonds. The molecule has 3 N–H and O–H groups in total. The van der Waals surface area contributed by atoms with Crippen LogP contribution in [0.3, 0.4) is 0 Å². The molecule has 1 aliphatic rings. The third-order valence-electron chi connectivity index (χ3n) is 4.16. The Morgan fingerprint density at radius 1 is 1.30 bits per heavy atom. The Hall–Kier alpha value is -1.46. The maximum atomic E-state index is 12.2. The van der Waals surface area contributed by atoms with Gasteiger partial charge in [0.05, 0.1) is 13.7 Å². The summed E-state index contributed by atoms with van der Waals surface area (Å²) >= 11 is 0. The van der Waals surface area contributed by atoms with E-state index in [1.54, 1.807) is 19.2 Å². The minimum absolute atomic E-state index is 0. The summed E-state index contributed by atoms with van der Waals surface area (Å²) in [6.45, 7) is 2.46. The van der Waals surface area contributed by atoms with Crippen LogP contribution in [0.25, 0.3) is 0 Å². The zero-order chi connectivity index (χ0) is 15.9. The van der Waals surface area contributed by atoms with Gasteiger partial charge in [-0.15, -0.1) is 12.4 Å². The van der Waals surface area contributed by atoms with Crippen LogP contribution < -0.4 is 20.5 Å². The van der Waals surface area contributed by atoms with Crippen LogP contribution in [0.2, 0.25) is 0 Å². The first kappa shape index (κ1) is 19.6. The number of hydrogen-bond donors (Lipinski definition) is 2. The number of benzene rings is 1. The first-order chi connectivity index (χ1) is 10.6. The summed E-state index contributed by atoms with van der Waals surface area (Å²) in [5.74, 6) is 1.60. The molecule has 1 saturated carbocycles. The second-order valence-electron chi connectivity index (χ2n) is 5.76. The van der Waals surface area contributed by atoms with Gasteiger partial charge in [0.25, 0.3) is 0 Å². The van der Waals surface area contributed by atoms with Crippen LogP contribution in [0.4, 0.5) is 5.69 Å². The Morgan fingerprint density at radius 3 is 2.70 bits per heavy atom. The van der Waals surface area contributed by atoms with Crippen LogP contribution in [0.1, 0.15) is 39.0 Å². The lowest BCUT2D eigenvalue weighted by Gasteiger charge is -2.28. The fourth-order valence-corrected chi connectivity index (χ4v) is 2.96. The van der Waals surface area contributed by atoms with E-state index in [9.17, 15) is 4.79 Å². The van der Waals surface area contributed by atoms with Gasteiger partial charge in [-0.05, 0) is 37.8 Å². The first-order valence-corrected chi connectivity index (χ1v) is 8.00. The van der Waals surface area contributed by atoms with Gasteiger partial charge in [0.1, 0.15) is 0 Å². The Bertz CT molecular complexity index is 511. The van der Waals surface area contributed by atoms with Crippen LogP contribution in [-0.4, -0.2) is 25.7 Å². The molecule has 0 radical (unpaired) electrons. The van der Waals surface area contributed by atoms with E-state index in [2.05, 4.69) is 5.32 Å². The van der Waals surface area contributed by atoms with Crippen LogP contribution in [0.5, 0.6) is 11.5 Å². The smallest absolute Gasteiger partial charge is 0.224 e. The molecule has 0 saturated heterocycles. The molecule has 2 unspecified atom stereocenters. The number of halogens is 1. The van der Waals surface area contributed by atoms with Crippen molar-refractivity contribution in [2.75, 3.05) is 19.0 Å². The molecule has 2 rings (SSSR count). The van der Waals surface area contributed by atoms with E-state index in [0.29, 0.717) is 30.4 Å². The summed E-state index contributed by atoms with van der Waals surface area (Å²) < 4.78 is 10.8. The van der Waals surface area contributed by atoms with Crippen LogP contribution in [0.15, 0.2) is 18.2 Å². The van der Waals surface area contributed by atoms with Crippen molar-refractivity contribution in [1.82, 2.24) is 0 Å². The third kappa shape index (κ3) is 5.59. The molecular formula is C17H27ClN2O3. The molecule has 1 aromatic carbocycles. The number of hydrogen-bond acceptors (Lipinski definition) is 4. The Kier molecular flexibility index (Phi) is 8.20. The molecule has 6 heteroatoms. The van der Waals surface area contributed by atoms with Crippen LogP contribution in [0, 0.1) is 5.92 Å². The summed E-state index contributed by atoms with van der Waals surface area (Å²) in [7, 11) is 1.60. The van der Waals surface area contributed by atoms with Gasteiger partial charge >= 0.3 is 0 Å². The zero-order valence-corrected chi connectivity index (χ0v) is 14.7. The maximum Gasteiger partial charge on any atom is 0.224 e. The van der Waals surface area contributed by atoms with E-state index in [1.165, 1.54) is 12.8 Å². The van der Waals surface area contributed by atoms with Gasteiger partial charge in [0, 0.05) is 24.2 Å². The number of anilines is 1. The average Bonchev–Trinajstić information content (AvgIpc) is 2.50. The molecule has 2 atom stereocenters. The topological polar surface area (TPSA) is 73.6 Å². The standard InChI is InChI=1S/C17H26N2O3.ClH/c1-3-22-16-11-13(8-9-15(16)21-2)19-17(20)10-12-6-4-5-7-14(12)18;/h8-9,11-12,14H,3-7,10,18H2,1-2H3,(H,19,20);1H. The van der Waals surface area contributed by atoms with Gasteiger partial charge in [-0.1, -0.05) is 12.8 Å². The molecule has 0 heterocycles. The van der Waals surface area contributed by atoms with E-state index >= 15 is 0 Å². The lowest BCUT2D eigenvalue weighted by Crippen LogP contribution is -2.35. The number of carbonyl (C=O) groups is 1. The Labute approximate surface area is 144 Å². The van der Waals surface area contributed by atoms with Gasteiger partial charge in [-0.3, -0.25) is 4.79 Å². The lowest BCUT2D eigenvalue weighted by atomic mass is 9.83. The highest BCUT2D eigenvalue weighted by molar-refractivity contribution is 5.91. The summed E-state index contributed by atoms with van der Waals surface area (Å²) in [6.07, 6.45) is 4.89. The van der Waals surface area contributed by atoms with E-state index in [0.717, 1.165) is 18.5 Å². The van der Waals surface area contributed by atoms with Crippen LogP contribution >= 0.6 is 12.4 Å². The summed E-state index contributed by atoms with van der Waals surface area (Å²) in [5, 5.41) is 2.93. The van der Waals surface area contributed by atoms with Crippen molar-refractivity contribution in [3.05, 3.63) is 18.2 Å². The highest BCUT2D eigenvalue weighted by Crippen LogP contribution is 2.31. The maximum absolute atomic E-state index is 12.2. The average molecular weight is 343 g/mol. The van der Waals surface area contributed by atoms with E-state index in [1.807, 2.05) is 13.0 Å². The first-order valence-electron chi connectivity index (χ1n) is 8.00. The highest BCUT2D eigenvalue weighted by atomic mass is 35.5. The number of nitrogens with one attached hydrogen (secondary N) is 1. The number of ether oxygens (including phenoxy) is 2. The quantitative estimate of drug-likeness (QED) is 0.831. The number of carbonyl (C=O) groups excluding carboxylic acids is 1. The van der Waals surface area contributed by atoms with Crippen molar-refractivity contribution >= 4 is 24.0 Å². The van der Waals surface area contributed by atoms with Crippen LogP contribution in [-0.2, 0) is 4.79 Å². The van der Waals surface area contributed by atoms with Gasteiger partial charge < -0.3 is 20.5 Å². The number of nitrogens with two attached hydrogens (primary N) is 1. The van der Waals surface area contributed by atoms with Crippen molar-refractivity contribution in [2.24, 2.45) is 11.7 Å². The van der Waals surface area contributed by atoms with Gasteiger partial charge in [0.2, 0.25) is 5.91 Å². The summed E-state index contributed by atoms with van der Waals surface area (Å²) in [4.78, 5) is 12.2. The van der Waals surface area contributed by atoms with Crippen molar-refractivity contribution in [3.63, 3.8) is 0 Å². The lowest BCUT2D eigenvalue weighted by molar-refractivity contribution is -0.117. The fourth-order valence-electron chi connectivity index (χ4n) is 2.96.